The number of rotatable bonds is 3. The Bertz CT molecular complexity index is 405. The highest BCUT2D eigenvalue weighted by atomic mass is 32.2. The lowest BCUT2D eigenvalue weighted by Crippen LogP contribution is -2.39. The van der Waals surface area contributed by atoms with Crippen LogP contribution in [0.15, 0.2) is 24.3 Å². The van der Waals surface area contributed by atoms with E-state index in [-0.39, 0.29) is 5.84 Å². The topological polar surface area (TPSA) is 53.1 Å². The lowest BCUT2D eigenvalue weighted by Gasteiger charge is -2.33. The molecule has 1 fully saturated rings. The fraction of sp³-hybridized carbons (Fsp3) is 0.462. The molecule has 1 atom stereocenters. The van der Waals surface area contributed by atoms with Crippen LogP contribution in [0.3, 0.4) is 0 Å². The summed E-state index contributed by atoms with van der Waals surface area (Å²) in [6.45, 7) is 4.39. The first kappa shape index (κ1) is 12.5. The maximum absolute atomic E-state index is 7.45. The highest BCUT2D eigenvalue weighted by molar-refractivity contribution is 7.99. The Kier molecular flexibility index (Phi) is 4.07. The van der Waals surface area contributed by atoms with Gasteiger partial charge in [-0.15, -0.1) is 0 Å². The Morgan fingerprint density at radius 2 is 2.41 bits per heavy atom. The SMILES string of the molecule is CC1CSCCN1Cc1cccc(C(=N)N)c1. The van der Waals surface area contributed by atoms with Gasteiger partial charge < -0.3 is 5.73 Å². The maximum Gasteiger partial charge on any atom is 0.122 e. The van der Waals surface area contributed by atoms with Crippen molar-refractivity contribution in [2.45, 2.75) is 19.5 Å². The molecule has 1 unspecified atom stereocenters. The van der Waals surface area contributed by atoms with Crippen LogP contribution in [0.5, 0.6) is 0 Å². The maximum atomic E-state index is 7.45. The monoisotopic (exact) mass is 249 g/mol. The van der Waals surface area contributed by atoms with Crippen LogP contribution in [0, 0.1) is 5.41 Å². The molecule has 1 aromatic carbocycles. The van der Waals surface area contributed by atoms with Gasteiger partial charge in [0.2, 0.25) is 0 Å². The van der Waals surface area contributed by atoms with Gasteiger partial charge in [-0.1, -0.05) is 18.2 Å². The molecule has 1 saturated heterocycles. The number of nitrogens with zero attached hydrogens (tertiary/aromatic N) is 1. The number of nitrogens with one attached hydrogen (secondary N) is 1. The molecule has 2 rings (SSSR count). The van der Waals surface area contributed by atoms with Crippen LogP contribution in [-0.2, 0) is 6.54 Å². The van der Waals surface area contributed by atoms with Crippen LogP contribution in [-0.4, -0.2) is 34.8 Å². The van der Waals surface area contributed by atoms with Crippen LogP contribution in [0.2, 0.25) is 0 Å². The molecular formula is C13H19N3S. The fourth-order valence-corrected chi connectivity index (χ4v) is 3.15. The van der Waals surface area contributed by atoms with E-state index in [4.69, 9.17) is 11.1 Å². The number of benzene rings is 1. The summed E-state index contributed by atoms with van der Waals surface area (Å²) in [6, 6.07) is 8.64. The van der Waals surface area contributed by atoms with Gasteiger partial charge in [0.25, 0.3) is 0 Å². The standard InChI is InChI=1S/C13H19N3S/c1-10-9-17-6-5-16(10)8-11-3-2-4-12(7-11)13(14)15/h2-4,7,10H,5-6,8-9H2,1H3,(H3,14,15). The second kappa shape index (κ2) is 5.56. The van der Waals surface area contributed by atoms with Gasteiger partial charge in [-0.3, -0.25) is 10.3 Å². The van der Waals surface area contributed by atoms with Crippen molar-refractivity contribution in [1.29, 1.82) is 5.41 Å². The summed E-state index contributed by atoms with van der Waals surface area (Å²) in [4.78, 5) is 2.50. The quantitative estimate of drug-likeness (QED) is 0.635. The summed E-state index contributed by atoms with van der Waals surface area (Å²) < 4.78 is 0. The normalized spacial score (nSPS) is 21.4. The summed E-state index contributed by atoms with van der Waals surface area (Å²) in [5.74, 6) is 2.58. The summed E-state index contributed by atoms with van der Waals surface area (Å²) in [7, 11) is 0. The van der Waals surface area contributed by atoms with E-state index >= 15 is 0 Å². The van der Waals surface area contributed by atoms with Crippen molar-refractivity contribution in [2.75, 3.05) is 18.1 Å². The molecule has 92 valence electrons. The Labute approximate surface area is 107 Å². The summed E-state index contributed by atoms with van der Waals surface area (Å²) in [6.07, 6.45) is 0. The van der Waals surface area contributed by atoms with Gasteiger partial charge >= 0.3 is 0 Å². The average Bonchev–Trinajstić information content (AvgIpc) is 2.32. The minimum atomic E-state index is 0.147. The van der Waals surface area contributed by atoms with Gasteiger partial charge in [-0.2, -0.15) is 11.8 Å². The molecule has 0 saturated carbocycles. The first-order chi connectivity index (χ1) is 8.16. The average molecular weight is 249 g/mol. The van der Waals surface area contributed by atoms with Crippen LogP contribution in [0.25, 0.3) is 0 Å². The number of hydrogen-bond acceptors (Lipinski definition) is 3. The predicted molar refractivity (Wildman–Crippen MR) is 74.7 cm³/mol. The minimum absolute atomic E-state index is 0.147. The molecule has 17 heavy (non-hydrogen) atoms. The molecule has 0 amide bonds. The van der Waals surface area contributed by atoms with E-state index in [1.165, 1.54) is 17.1 Å². The highest BCUT2D eigenvalue weighted by Gasteiger charge is 2.18. The molecule has 1 heterocycles. The van der Waals surface area contributed by atoms with E-state index in [0.717, 1.165) is 18.7 Å². The Balaban J connectivity index is 2.07. The second-order valence-corrected chi connectivity index (χ2v) is 5.66. The van der Waals surface area contributed by atoms with Crippen molar-refractivity contribution < 1.29 is 0 Å². The summed E-state index contributed by atoms with van der Waals surface area (Å²) in [5, 5.41) is 7.45. The summed E-state index contributed by atoms with van der Waals surface area (Å²) in [5.41, 5.74) is 7.58. The van der Waals surface area contributed by atoms with Crippen molar-refractivity contribution >= 4 is 17.6 Å². The molecule has 0 spiro atoms. The van der Waals surface area contributed by atoms with Crippen molar-refractivity contribution in [3.05, 3.63) is 35.4 Å². The molecule has 0 bridgehead atoms. The zero-order valence-electron chi connectivity index (χ0n) is 10.1. The largest absolute Gasteiger partial charge is 0.384 e. The highest BCUT2D eigenvalue weighted by Crippen LogP contribution is 2.18. The van der Waals surface area contributed by atoms with E-state index in [1.54, 1.807) is 0 Å². The zero-order valence-corrected chi connectivity index (χ0v) is 11.0. The number of hydrogen-bond donors (Lipinski definition) is 2. The third-order valence-electron chi connectivity index (χ3n) is 3.13. The second-order valence-electron chi connectivity index (χ2n) is 4.51. The first-order valence-electron chi connectivity index (χ1n) is 5.92. The molecule has 0 radical (unpaired) electrons. The molecule has 1 aliphatic heterocycles. The van der Waals surface area contributed by atoms with E-state index in [2.05, 4.69) is 17.9 Å². The molecule has 4 heteroatoms. The molecule has 1 aromatic rings. The zero-order chi connectivity index (χ0) is 12.3. The van der Waals surface area contributed by atoms with Crippen molar-refractivity contribution in [2.24, 2.45) is 5.73 Å². The van der Waals surface area contributed by atoms with Gasteiger partial charge in [-0.25, -0.2) is 0 Å². The smallest absolute Gasteiger partial charge is 0.122 e. The fourth-order valence-electron chi connectivity index (χ4n) is 2.07. The Morgan fingerprint density at radius 3 is 3.12 bits per heavy atom. The molecule has 3 nitrogen and oxygen atoms in total. The number of thioether (sulfide) groups is 1. The molecule has 3 N–H and O–H groups in total. The van der Waals surface area contributed by atoms with Crippen molar-refractivity contribution in [3.8, 4) is 0 Å². The molecular weight excluding hydrogens is 230 g/mol. The van der Waals surface area contributed by atoms with Crippen LogP contribution in [0.4, 0.5) is 0 Å². The minimum Gasteiger partial charge on any atom is -0.384 e. The number of nitrogens with two attached hydrogens (primary N) is 1. The van der Waals surface area contributed by atoms with E-state index in [9.17, 15) is 0 Å². The first-order valence-corrected chi connectivity index (χ1v) is 7.07. The Hall–Kier alpha value is -1.00. The van der Waals surface area contributed by atoms with Gasteiger partial charge in [0.05, 0.1) is 0 Å². The van der Waals surface area contributed by atoms with Crippen molar-refractivity contribution in [3.63, 3.8) is 0 Å². The molecule has 1 aliphatic rings. The lowest BCUT2D eigenvalue weighted by atomic mass is 10.1. The van der Waals surface area contributed by atoms with E-state index in [1.807, 2.05) is 30.0 Å². The third-order valence-corrected chi connectivity index (χ3v) is 4.32. The van der Waals surface area contributed by atoms with Gasteiger partial charge in [0.1, 0.15) is 5.84 Å². The third kappa shape index (κ3) is 3.23. The molecule has 0 aromatic heterocycles. The van der Waals surface area contributed by atoms with E-state index < -0.39 is 0 Å². The van der Waals surface area contributed by atoms with Crippen LogP contribution in [0.1, 0.15) is 18.1 Å². The van der Waals surface area contributed by atoms with Gasteiger partial charge in [0, 0.05) is 36.2 Å². The number of nitrogen functional groups attached to an aromatic ring is 1. The van der Waals surface area contributed by atoms with Gasteiger partial charge in [0.15, 0.2) is 0 Å². The lowest BCUT2D eigenvalue weighted by molar-refractivity contribution is 0.224. The van der Waals surface area contributed by atoms with Crippen LogP contribution < -0.4 is 5.73 Å². The summed E-state index contributed by atoms with van der Waals surface area (Å²) >= 11 is 2.03. The van der Waals surface area contributed by atoms with Crippen molar-refractivity contribution in [1.82, 2.24) is 4.90 Å². The van der Waals surface area contributed by atoms with E-state index in [0.29, 0.717) is 6.04 Å². The Morgan fingerprint density at radius 1 is 1.59 bits per heavy atom. The van der Waals surface area contributed by atoms with Crippen LogP contribution >= 0.6 is 11.8 Å². The van der Waals surface area contributed by atoms with Gasteiger partial charge in [-0.05, 0) is 18.6 Å². The molecule has 0 aliphatic carbocycles. The number of amidine groups is 1. The predicted octanol–water partition coefficient (Wildman–Crippen LogP) is 1.91.